The second kappa shape index (κ2) is 11.7. The third kappa shape index (κ3) is 5.32. The van der Waals surface area contributed by atoms with E-state index in [1.54, 1.807) is 28.4 Å². The SMILES string of the molecule is COc1ccc(/C=C2\CCC[C@@H]3C2=NN(C(=O)c2ccc([N+](=O)[O-])cc2)[C@H]3c2ccc(OC)c(OC)c2)cc1OC. The maximum Gasteiger partial charge on any atom is 0.274 e. The van der Waals surface area contributed by atoms with Crippen molar-refractivity contribution in [2.24, 2.45) is 11.0 Å². The summed E-state index contributed by atoms with van der Waals surface area (Å²) >= 11 is 0. The van der Waals surface area contributed by atoms with Crippen LogP contribution in [0.5, 0.6) is 23.0 Å². The van der Waals surface area contributed by atoms with Crippen LogP contribution in [-0.4, -0.2) is 50.0 Å². The molecule has 1 saturated carbocycles. The van der Waals surface area contributed by atoms with Crippen LogP contribution < -0.4 is 18.9 Å². The predicted molar refractivity (Wildman–Crippen MR) is 154 cm³/mol. The van der Waals surface area contributed by atoms with Crippen LogP contribution in [0.4, 0.5) is 5.69 Å². The van der Waals surface area contributed by atoms with Crippen LogP contribution >= 0.6 is 0 Å². The smallest absolute Gasteiger partial charge is 0.274 e. The molecule has 1 aliphatic heterocycles. The topological polar surface area (TPSA) is 113 Å². The lowest BCUT2D eigenvalue weighted by molar-refractivity contribution is -0.384. The molecule has 0 aromatic heterocycles. The molecule has 2 aliphatic rings. The first kappa shape index (κ1) is 27.7. The number of benzene rings is 3. The van der Waals surface area contributed by atoms with Gasteiger partial charge >= 0.3 is 0 Å². The first-order valence-corrected chi connectivity index (χ1v) is 13.2. The number of hydrogen-bond acceptors (Lipinski definition) is 8. The van der Waals surface area contributed by atoms with Crippen molar-refractivity contribution >= 4 is 23.4 Å². The van der Waals surface area contributed by atoms with Gasteiger partial charge in [-0.15, -0.1) is 0 Å². The molecular formula is C31H31N3O7. The normalized spacial score (nSPS) is 18.9. The third-order valence-electron chi connectivity index (χ3n) is 7.53. The monoisotopic (exact) mass is 557 g/mol. The molecule has 212 valence electrons. The van der Waals surface area contributed by atoms with E-state index < -0.39 is 11.0 Å². The van der Waals surface area contributed by atoms with E-state index in [1.807, 2.05) is 36.4 Å². The number of carbonyl (C=O) groups excluding carboxylic acids is 1. The standard InChI is InChI=1S/C31H31N3O7/c1-38-25-14-8-19(17-27(25)40-3)16-21-6-5-7-24-29(21)32-33(31(35)20-9-12-23(13-10-20)34(36)37)30(24)22-11-15-26(39-2)28(18-22)41-4/h8-18,24,30H,5-7H2,1-4H3/b21-16+/t24-,30+/m1/s1. The second-order valence-corrected chi connectivity index (χ2v) is 9.78. The fourth-order valence-corrected chi connectivity index (χ4v) is 5.54. The van der Waals surface area contributed by atoms with E-state index in [1.165, 1.54) is 29.3 Å². The van der Waals surface area contributed by atoms with Gasteiger partial charge in [0.1, 0.15) is 0 Å². The molecule has 0 radical (unpaired) electrons. The van der Waals surface area contributed by atoms with Crippen LogP contribution in [0.15, 0.2) is 71.3 Å². The molecule has 1 amide bonds. The van der Waals surface area contributed by atoms with Crippen molar-refractivity contribution in [2.45, 2.75) is 25.3 Å². The Hall–Kier alpha value is -4.86. The lowest BCUT2D eigenvalue weighted by atomic mass is 9.77. The molecule has 0 unspecified atom stereocenters. The number of nitrogens with zero attached hydrogens (tertiary/aromatic N) is 3. The molecule has 10 nitrogen and oxygen atoms in total. The minimum atomic E-state index is -0.490. The Morgan fingerprint density at radius 1 is 0.902 bits per heavy atom. The summed E-state index contributed by atoms with van der Waals surface area (Å²) in [5, 5.41) is 17.6. The molecule has 0 bridgehead atoms. The van der Waals surface area contributed by atoms with Crippen molar-refractivity contribution in [3.63, 3.8) is 0 Å². The highest BCUT2D eigenvalue weighted by Crippen LogP contribution is 2.46. The first-order chi connectivity index (χ1) is 19.9. The highest BCUT2D eigenvalue weighted by Gasteiger charge is 2.44. The van der Waals surface area contributed by atoms with Crippen molar-refractivity contribution in [1.82, 2.24) is 5.01 Å². The van der Waals surface area contributed by atoms with E-state index in [0.717, 1.165) is 41.7 Å². The lowest BCUT2D eigenvalue weighted by Crippen LogP contribution is -2.32. The Labute approximate surface area is 237 Å². The first-order valence-electron chi connectivity index (χ1n) is 13.2. The molecule has 3 aromatic rings. The molecule has 10 heteroatoms. The minimum Gasteiger partial charge on any atom is -0.493 e. The molecule has 0 spiro atoms. The van der Waals surface area contributed by atoms with Crippen molar-refractivity contribution in [3.05, 3.63) is 93.0 Å². The molecule has 1 fully saturated rings. The third-order valence-corrected chi connectivity index (χ3v) is 7.53. The zero-order valence-electron chi connectivity index (χ0n) is 23.3. The average molecular weight is 558 g/mol. The second-order valence-electron chi connectivity index (χ2n) is 9.78. The summed E-state index contributed by atoms with van der Waals surface area (Å²) < 4.78 is 21.9. The molecule has 1 heterocycles. The van der Waals surface area contributed by atoms with Crippen molar-refractivity contribution in [1.29, 1.82) is 0 Å². The molecule has 2 atom stereocenters. The zero-order valence-corrected chi connectivity index (χ0v) is 23.3. The van der Waals surface area contributed by atoms with Gasteiger partial charge < -0.3 is 18.9 Å². The van der Waals surface area contributed by atoms with E-state index in [9.17, 15) is 14.9 Å². The van der Waals surface area contributed by atoms with Gasteiger partial charge in [0.05, 0.1) is 45.1 Å². The van der Waals surface area contributed by atoms with E-state index in [4.69, 9.17) is 24.0 Å². The minimum absolute atomic E-state index is 0.0600. The Morgan fingerprint density at radius 3 is 2.17 bits per heavy atom. The number of allylic oxidation sites excluding steroid dienone is 1. The Balaban J connectivity index is 1.58. The highest BCUT2D eigenvalue weighted by atomic mass is 16.6. The van der Waals surface area contributed by atoms with Gasteiger partial charge in [-0.2, -0.15) is 5.10 Å². The van der Waals surface area contributed by atoms with Crippen molar-refractivity contribution in [3.8, 4) is 23.0 Å². The summed E-state index contributed by atoms with van der Waals surface area (Å²) in [5.74, 6) is 2.00. The van der Waals surface area contributed by atoms with Crippen LogP contribution in [0.1, 0.15) is 46.8 Å². The van der Waals surface area contributed by atoms with E-state index in [2.05, 4.69) is 6.08 Å². The molecular weight excluding hydrogens is 526 g/mol. The molecule has 3 aromatic carbocycles. The summed E-state index contributed by atoms with van der Waals surface area (Å²) in [6.07, 6.45) is 4.65. The number of carbonyl (C=O) groups is 1. The van der Waals surface area contributed by atoms with Gasteiger partial charge in [0.2, 0.25) is 0 Å². The molecule has 41 heavy (non-hydrogen) atoms. The van der Waals surface area contributed by atoms with Crippen LogP contribution in [0.25, 0.3) is 6.08 Å². The number of nitro groups is 1. The fourth-order valence-electron chi connectivity index (χ4n) is 5.54. The number of methoxy groups -OCH3 is 4. The number of hydrogen-bond donors (Lipinski definition) is 0. The van der Waals surface area contributed by atoms with Crippen LogP contribution in [0.2, 0.25) is 0 Å². The quantitative estimate of drug-likeness (QED) is 0.244. The number of amides is 1. The van der Waals surface area contributed by atoms with Gasteiger partial charge in [-0.3, -0.25) is 14.9 Å². The Morgan fingerprint density at radius 2 is 1.54 bits per heavy atom. The summed E-state index contributed by atoms with van der Waals surface area (Å²) in [7, 11) is 6.34. The van der Waals surface area contributed by atoms with Crippen LogP contribution in [-0.2, 0) is 0 Å². The summed E-state index contributed by atoms with van der Waals surface area (Å²) in [6.45, 7) is 0. The van der Waals surface area contributed by atoms with Gasteiger partial charge in [0, 0.05) is 23.6 Å². The van der Waals surface area contributed by atoms with Crippen LogP contribution in [0, 0.1) is 16.0 Å². The van der Waals surface area contributed by atoms with Gasteiger partial charge in [0.15, 0.2) is 23.0 Å². The Bertz CT molecular complexity index is 1530. The summed E-state index contributed by atoms with van der Waals surface area (Å²) in [6, 6.07) is 16.6. The summed E-state index contributed by atoms with van der Waals surface area (Å²) in [5.41, 5.74) is 3.91. The zero-order chi connectivity index (χ0) is 29.1. The average Bonchev–Trinajstić information content (AvgIpc) is 3.40. The van der Waals surface area contributed by atoms with Gasteiger partial charge in [-0.1, -0.05) is 12.1 Å². The van der Waals surface area contributed by atoms with E-state index in [0.29, 0.717) is 28.6 Å². The number of nitro benzene ring substituents is 1. The number of rotatable bonds is 8. The maximum atomic E-state index is 13.9. The number of non-ortho nitro benzene ring substituents is 1. The molecule has 1 aliphatic carbocycles. The lowest BCUT2D eigenvalue weighted by Gasteiger charge is -2.30. The fraction of sp³-hybridized carbons (Fsp3) is 0.290. The summed E-state index contributed by atoms with van der Waals surface area (Å²) in [4.78, 5) is 24.6. The molecule has 0 N–H and O–H groups in total. The number of hydrazone groups is 1. The van der Waals surface area contributed by atoms with Gasteiger partial charge in [-0.25, -0.2) is 5.01 Å². The highest BCUT2D eigenvalue weighted by molar-refractivity contribution is 6.09. The number of ether oxygens (including phenoxy) is 4. The van der Waals surface area contributed by atoms with Crippen LogP contribution in [0.3, 0.4) is 0 Å². The maximum absolute atomic E-state index is 13.9. The van der Waals surface area contributed by atoms with Gasteiger partial charge in [0.25, 0.3) is 11.6 Å². The number of fused-ring (bicyclic) bond motifs is 1. The Kier molecular flexibility index (Phi) is 7.91. The van der Waals surface area contributed by atoms with E-state index >= 15 is 0 Å². The molecule has 0 saturated heterocycles. The van der Waals surface area contributed by atoms with Crippen molar-refractivity contribution in [2.75, 3.05) is 28.4 Å². The predicted octanol–water partition coefficient (Wildman–Crippen LogP) is 6.07. The van der Waals surface area contributed by atoms with E-state index in [-0.39, 0.29) is 17.5 Å². The van der Waals surface area contributed by atoms with Gasteiger partial charge in [-0.05, 0) is 78.4 Å². The molecule has 5 rings (SSSR count). The van der Waals surface area contributed by atoms with Crippen molar-refractivity contribution < 1.29 is 28.7 Å². The largest absolute Gasteiger partial charge is 0.493 e.